The van der Waals surface area contributed by atoms with E-state index >= 15 is 0 Å². The van der Waals surface area contributed by atoms with Gasteiger partial charge in [0.25, 0.3) is 0 Å². The number of hydrogen-bond donors (Lipinski definition) is 0. The van der Waals surface area contributed by atoms with E-state index in [1.807, 2.05) is 0 Å². The standard InChI is InChI=1S/Al.O3Si.Zr/c;1-4(2)3;/q+3;-2;+2. The van der Waals surface area contributed by atoms with Crippen molar-refractivity contribution in [2.75, 3.05) is 0 Å². The summed E-state index contributed by atoms with van der Waals surface area (Å²) in [6.07, 6.45) is 0. The van der Waals surface area contributed by atoms with Crippen molar-refractivity contribution in [1.82, 2.24) is 0 Å². The van der Waals surface area contributed by atoms with E-state index < -0.39 is 9.17 Å². The molecule has 0 fully saturated rings. The normalized spacial score (nSPS) is 4.00. The molecule has 0 aliphatic rings. The van der Waals surface area contributed by atoms with E-state index in [2.05, 4.69) is 0 Å². The molecule has 0 rings (SSSR count). The van der Waals surface area contributed by atoms with Gasteiger partial charge in [0.1, 0.15) is 0 Å². The maximum atomic E-state index is 8.52. The molecular formula is AlO3SiZr+3. The van der Waals surface area contributed by atoms with E-state index in [0.29, 0.717) is 0 Å². The van der Waals surface area contributed by atoms with E-state index in [1.165, 1.54) is 0 Å². The molecule has 0 N–H and O–H groups in total. The van der Waals surface area contributed by atoms with E-state index in [0.717, 1.165) is 0 Å². The first kappa shape index (κ1) is 15.7. The van der Waals surface area contributed by atoms with Crippen molar-refractivity contribution in [2.24, 2.45) is 0 Å². The van der Waals surface area contributed by atoms with Gasteiger partial charge in [-0.05, 0) is 0 Å². The minimum Gasteiger partial charge on any atom is -0.672 e. The molecule has 0 aromatic carbocycles. The Morgan fingerprint density at radius 1 is 1.33 bits per heavy atom. The summed E-state index contributed by atoms with van der Waals surface area (Å²) in [7, 11) is -3.63. The Balaban J connectivity index is -0.0000000450. The van der Waals surface area contributed by atoms with Crippen LogP contribution in [0.15, 0.2) is 0 Å². The topological polar surface area (TPSA) is 63.2 Å². The summed E-state index contributed by atoms with van der Waals surface area (Å²) in [5.41, 5.74) is 0. The van der Waals surface area contributed by atoms with Crippen molar-refractivity contribution in [3.8, 4) is 0 Å². The molecule has 0 atom stereocenters. The van der Waals surface area contributed by atoms with Crippen LogP contribution in [0.1, 0.15) is 0 Å². The minimum absolute atomic E-state index is 0. The maximum Gasteiger partial charge on any atom is 3.00 e. The van der Waals surface area contributed by atoms with Gasteiger partial charge in [0.05, 0.1) is 0 Å². The van der Waals surface area contributed by atoms with Crippen LogP contribution in [0.2, 0.25) is 0 Å². The fourth-order valence-corrected chi connectivity index (χ4v) is 0. The van der Waals surface area contributed by atoms with Crippen LogP contribution < -0.4 is 9.59 Å². The first-order valence-electron chi connectivity index (χ1n) is 0.612. The van der Waals surface area contributed by atoms with Gasteiger partial charge in [-0.25, -0.2) is 0 Å². The summed E-state index contributed by atoms with van der Waals surface area (Å²) in [5.74, 6) is 0. The molecular weight excluding hydrogens is 194 g/mol. The van der Waals surface area contributed by atoms with Crippen LogP contribution in [0.4, 0.5) is 0 Å². The van der Waals surface area contributed by atoms with Crippen molar-refractivity contribution in [3.05, 3.63) is 0 Å². The number of hydrogen-bond acceptors (Lipinski definition) is 3. The SMILES string of the molecule is O=[Si]([O-])[O-].[Al+3].[Zr+2]. The van der Waals surface area contributed by atoms with E-state index in [1.54, 1.807) is 0 Å². The first-order valence-corrected chi connectivity index (χ1v) is 1.84. The second kappa shape index (κ2) is 9.40. The van der Waals surface area contributed by atoms with Crippen LogP contribution in [0.3, 0.4) is 0 Å². The fraction of sp³-hybridized carbons (Fsp3) is 0. The van der Waals surface area contributed by atoms with Crippen LogP contribution >= 0.6 is 0 Å². The Labute approximate surface area is 66.5 Å². The summed E-state index contributed by atoms with van der Waals surface area (Å²) in [6, 6.07) is 0. The van der Waals surface area contributed by atoms with Crippen molar-refractivity contribution in [3.63, 3.8) is 0 Å². The van der Waals surface area contributed by atoms with Gasteiger partial charge in [-0.15, -0.1) is 0 Å². The Hall–Kier alpha value is 1.03. The van der Waals surface area contributed by atoms with Crippen LogP contribution in [-0.2, 0) is 30.7 Å². The van der Waals surface area contributed by atoms with E-state index in [4.69, 9.17) is 14.1 Å². The average Bonchev–Trinajstić information content (AvgIpc) is 0.811. The van der Waals surface area contributed by atoms with Gasteiger partial charge in [-0.3, -0.25) is 0 Å². The molecule has 0 radical (unpaired) electrons. The second-order valence-electron chi connectivity index (χ2n) is 0.250. The zero-order valence-corrected chi connectivity index (χ0v) is 7.41. The maximum absolute atomic E-state index is 8.52. The first-order chi connectivity index (χ1) is 1.73. The zero-order chi connectivity index (χ0) is 3.58. The van der Waals surface area contributed by atoms with Crippen LogP contribution in [-0.4, -0.2) is 26.5 Å². The van der Waals surface area contributed by atoms with Crippen molar-refractivity contribution in [1.29, 1.82) is 0 Å². The third-order valence-electron chi connectivity index (χ3n) is 0. The number of rotatable bonds is 0. The Morgan fingerprint density at radius 2 is 1.33 bits per heavy atom. The monoisotopic (exact) mass is 193 g/mol. The third-order valence-corrected chi connectivity index (χ3v) is 0. The zero-order valence-electron chi connectivity index (χ0n) is 2.80. The van der Waals surface area contributed by atoms with Gasteiger partial charge in [-0.1, -0.05) is 0 Å². The molecule has 3 nitrogen and oxygen atoms in total. The Kier molecular flexibility index (Phi) is 24.6. The molecule has 0 heterocycles. The molecule has 0 saturated heterocycles. The predicted molar refractivity (Wildman–Crippen MR) is 12.2 cm³/mol. The van der Waals surface area contributed by atoms with Gasteiger partial charge in [-0.2, -0.15) is 0 Å². The van der Waals surface area contributed by atoms with Crippen molar-refractivity contribution < 1.29 is 40.3 Å². The van der Waals surface area contributed by atoms with Gasteiger partial charge in [0.2, 0.25) is 0 Å². The van der Waals surface area contributed by atoms with Crippen LogP contribution in [0.25, 0.3) is 0 Å². The molecule has 0 saturated carbocycles. The minimum atomic E-state index is -3.63. The molecule has 0 spiro atoms. The van der Waals surface area contributed by atoms with Crippen LogP contribution in [0, 0.1) is 0 Å². The Bertz CT molecular complexity index is 33.8. The second-order valence-corrected chi connectivity index (χ2v) is 0.750. The van der Waals surface area contributed by atoms with Gasteiger partial charge in [0.15, 0.2) is 0 Å². The molecule has 0 amide bonds. The average molecular weight is 194 g/mol. The van der Waals surface area contributed by atoms with Gasteiger partial charge >= 0.3 is 43.6 Å². The summed E-state index contributed by atoms with van der Waals surface area (Å²) < 4.78 is 8.52. The molecule has 26 valence electrons. The summed E-state index contributed by atoms with van der Waals surface area (Å²) >= 11 is 0. The fourth-order valence-electron chi connectivity index (χ4n) is 0. The third kappa shape index (κ3) is 76.8. The van der Waals surface area contributed by atoms with Crippen LogP contribution in [0.5, 0.6) is 0 Å². The van der Waals surface area contributed by atoms with E-state index in [-0.39, 0.29) is 43.6 Å². The molecule has 0 aliphatic heterocycles. The molecule has 0 aliphatic carbocycles. The van der Waals surface area contributed by atoms with Crippen molar-refractivity contribution >= 4 is 26.5 Å². The quantitative estimate of drug-likeness (QED) is 0.380. The largest absolute Gasteiger partial charge is 3.00 e. The molecule has 6 heteroatoms. The van der Waals surface area contributed by atoms with Gasteiger partial charge < -0.3 is 14.1 Å². The van der Waals surface area contributed by atoms with Crippen molar-refractivity contribution in [2.45, 2.75) is 0 Å². The summed E-state index contributed by atoms with van der Waals surface area (Å²) in [6.45, 7) is 0. The van der Waals surface area contributed by atoms with Gasteiger partial charge in [0, 0.05) is 9.17 Å². The summed E-state index contributed by atoms with van der Waals surface area (Å²) in [5, 5.41) is 0. The molecule has 6 heavy (non-hydrogen) atoms. The van der Waals surface area contributed by atoms with E-state index in [9.17, 15) is 0 Å². The predicted octanol–water partition coefficient (Wildman–Crippen LogP) is -3.26. The molecule has 0 unspecified atom stereocenters. The summed E-state index contributed by atoms with van der Waals surface area (Å²) in [4.78, 5) is 17.0. The molecule has 0 bridgehead atoms. The molecule has 0 aromatic heterocycles. The smallest absolute Gasteiger partial charge is 0.672 e. The molecule has 0 aromatic rings. The Morgan fingerprint density at radius 3 is 1.33 bits per heavy atom.